The van der Waals surface area contributed by atoms with Crippen LogP contribution in [0.3, 0.4) is 0 Å². The lowest BCUT2D eigenvalue weighted by molar-refractivity contribution is 0.357. The summed E-state index contributed by atoms with van der Waals surface area (Å²) in [5.41, 5.74) is 2.98. The summed E-state index contributed by atoms with van der Waals surface area (Å²) in [7, 11) is 0. The number of benzene rings is 1. The third-order valence-corrected chi connectivity index (χ3v) is 5.34. The van der Waals surface area contributed by atoms with Crippen molar-refractivity contribution in [2.75, 3.05) is 19.7 Å². The van der Waals surface area contributed by atoms with Gasteiger partial charge in [0.2, 0.25) is 0 Å². The molecule has 0 amide bonds. The van der Waals surface area contributed by atoms with Crippen molar-refractivity contribution in [2.24, 2.45) is 0 Å². The van der Waals surface area contributed by atoms with Crippen LogP contribution in [0.25, 0.3) is 0 Å². The average molecular weight is 301 g/mol. The molecule has 1 aromatic carbocycles. The minimum absolute atomic E-state index is 0.208. The molecule has 3 rings (SSSR count). The van der Waals surface area contributed by atoms with Gasteiger partial charge in [-0.05, 0) is 41.6 Å². The smallest absolute Gasteiger partial charge is 0.122 e. The van der Waals surface area contributed by atoms with E-state index >= 15 is 0 Å². The van der Waals surface area contributed by atoms with Gasteiger partial charge >= 0.3 is 0 Å². The van der Waals surface area contributed by atoms with E-state index in [1.807, 2.05) is 11.3 Å². The molecule has 1 aliphatic rings. The largest absolute Gasteiger partial charge is 0.493 e. The zero-order valence-electron chi connectivity index (χ0n) is 12.8. The van der Waals surface area contributed by atoms with Gasteiger partial charge in [0.15, 0.2) is 0 Å². The van der Waals surface area contributed by atoms with E-state index in [0.717, 1.165) is 38.3 Å². The Kier molecular flexibility index (Phi) is 4.32. The summed E-state index contributed by atoms with van der Waals surface area (Å²) in [6.45, 7) is 7.49. The molecule has 0 spiro atoms. The van der Waals surface area contributed by atoms with Crippen LogP contribution < -0.4 is 10.1 Å². The maximum Gasteiger partial charge on any atom is 0.122 e. The number of hydrogen-bond donors (Lipinski definition) is 1. The van der Waals surface area contributed by atoms with Gasteiger partial charge in [0.05, 0.1) is 6.61 Å². The molecule has 0 unspecified atom stereocenters. The summed E-state index contributed by atoms with van der Waals surface area (Å²) in [6, 6.07) is 11.0. The summed E-state index contributed by atoms with van der Waals surface area (Å²) >= 11 is 1.84. The first kappa shape index (κ1) is 14.6. The first-order valence-electron chi connectivity index (χ1n) is 7.64. The van der Waals surface area contributed by atoms with Gasteiger partial charge < -0.3 is 10.1 Å². The minimum Gasteiger partial charge on any atom is -0.493 e. The lowest BCUT2D eigenvalue weighted by atomic mass is 9.91. The van der Waals surface area contributed by atoms with Crippen molar-refractivity contribution in [1.29, 1.82) is 0 Å². The Morgan fingerprint density at radius 1 is 1.29 bits per heavy atom. The molecular formula is C18H23NOS. The Morgan fingerprint density at radius 2 is 2.19 bits per heavy atom. The van der Waals surface area contributed by atoms with E-state index in [9.17, 15) is 0 Å². The first-order chi connectivity index (χ1) is 10.1. The van der Waals surface area contributed by atoms with Crippen molar-refractivity contribution in [3.8, 4) is 5.75 Å². The van der Waals surface area contributed by atoms with Crippen LogP contribution in [-0.4, -0.2) is 19.7 Å². The third-order valence-electron chi connectivity index (χ3n) is 4.10. The van der Waals surface area contributed by atoms with Crippen LogP contribution in [0, 0.1) is 0 Å². The Morgan fingerprint density at radius 3 is 3.00 bits per heavy atom. The Balaban J connectivity index is 1.48. The van der Waals surface area contributed by atoms with Crippen molar-refractivity contribution < 1.29 is 4.74 Å². The van der Waals surface area contributed by atoms with Crippen LogP contribution in [0.5, 0.6) is 5.75 Å². The highest BCUT2D eigenvalue weighted by atomic mass is 32.1. The number of ether oxygens (including phenoxy) is 1. The van der Waals surface area contributed by atoms with Gasteiger partial charge in [-0.25, -0.2) is 0 Å². The summed E-state index contributed by atoms with van der Waals surface area (Å²) in [4.78, 5) is 1.45. The third kappa shape index (κ3) is 3.47. The fourth-order valence-electron chi connectivity index (χ4n) is 2.78. The van der Waals surface area contributed by atoms with Crippen LogP contribution in [0.15, 0.2) is 35.7 Å². The maximum atomic E-state index is 5.55. The van der Waals surface area contributed by atoms with Gasteiger partial charge in [0, 0.05) is 23.3 Å². The van der Waals surface area contributed by atoms with Crippen molar-refractivity contribution in [1.82, 2.24) is 5.32 Å². The lowest BCUT2D eigenvalue weighted by Gasteiger charge is -2.23. The van der Waals surface area contributed by atoms with Crippen molar-refractivity contribution >= 4 is 11.3 Å². The summed E-state index contributed by atoms with van der Waals surface area (Å²) in [5.74, 6) is 1.07. The molecule has 0 fully saturated rings. The molecule has 1 aromatic heterocycles. The molecule has 1 N–H and O–H groups in total. The van der Waals surface area contributed by atoms with Gasteiger partial charge in [-0.2, -0.15) is 0 Å². The highest BCUT2D eigenvalue weighted by Gasteiger charge is 2.20. The fourth-order valence-corrected chi connectivity index (χ4v) is 3.63. The van der Waals surface area contributed by atoms with Crippen LogP contribution in [0.2, 0.25) is 0 Å². The van der Waals surface area contributed by atoms with Gasteiger partial charge in [0.1, 0.15) is 5.75 Å². The molecule has 112 valence electrons. The molecule has 3 heteroatoms. The molecule has 2 aromatic rings. The molecule has 2 nitrogen and oxygen atoms in total. The zero-order valence-corrected chi connectivity index (χ0v) is 13.6. The Bertz CT molecular complexity index is 589. The summed E-state index contributed by atoms with van der Waals surface area (Å²) in [6.07, 6.45) is 2.13. The van der Waals surface area contributed by atoms with Gasteiger partial charge in [-0.15, -0.1) is 11.3 Å². The van der Waals surface area contributed by atoms with E-state index in [0.29, 0.717) is 0 Å². The first-order valence-corrected chi connectivity index (χ1v) is 8.52. The van der Waals surface area contributed by atoms with Crippen LogP contribution in [0.1, 0.15) is 29.9 Å². The fraction of sp³-hybridized carbons (Fsp3) is 0.444. The number of rotatable bonds is 6. The second-order valence-electron chi connectivity index (χ2n) is 6.33. The van der Waals surface area contributed by atoms with Crippen molar-refractivity contribution in [3.05, 3.63) is 51.7 Å². The standard InChI is InChI=1S/C18H23NOS/c1-18(2,17-4-3-11-21-17)13-19-9-7-14-5-6-16-15(12-14)8-10-20-16/h3-6,11-12,19H,7-10,13H2,1-2H3. The summed E-state index contributed by atoms with van der Waals surface area (Å²) in [5, 5.41) is 5.76. The SMILES string of the molecule is CC(C)(CNCCc1ccc2c(c1)CCO2)c1cccs1. The number of thiophene rings is 1. The Hall–Kier alpha value is -1.32. The number of nitrogens with one attached hydrogen (secondary N) is 1. The molecule has 1 aliphatic heterocycles. The van der Waals surface area contributed by atoms with E-state index in [4.69, 9.17) is 4.74 Å². The maximum absolute atomic E-state index is 5.55. The monoisotopic (exact) mass is 301 g/mol. The quantitative estimate of drug-likeness (QED) is 0.820. The molecule has 0 aliphatic carbocycles. The molecule has 0 radical (unpaired) electrons. The topological polar surface area (TPSA) is 21.3 Å². The second kappa shape index (κ2) is 6.20. The molecule has 0 saturated heterocycles. The Labute approximate surface area is 131 Å². The van der Waals surface area contributed by atoms with E-state index < -0.39 is 0 Å². The van der Waals surface area contributed by atoms with Crippen molar-refractivity contribution in [2.45, 2.75) is 32.1 Å². The van der Waals surface area contributed by atoms with Gasteiger partial charge in [-0.1, -0.05) is 32.0 Å². The lowest BCUT2D eigenvalue weighted by Crippen LogP contribution is -2.33. The van der Waals surface area contributed by atoms with Crippen LogP contribution in [-0.2, 0) is 18.3 Å². The van der Waals surface area contributed by atoms with E-state index in [1.54, 1.807) is 0 Å². The number of fused-ring (bicyclic) bond motifs is 1. The van der Waals surface area contributed by atoms with Crippen LogP contribution >= 0.6 is 11.3 Å². The predicted octanol–water partition coefficient (Wildman–Crippen LogP) is 3.79. The van der Waals surface area contributed by atoms with Gasteiger partial charge in [0.25, 0.3) is 0 Å². The highest BCUT2D eigenvalue weighted by Crippen LogP contribution is 2.27. The summed E-state index contributed by atoms with van der Waals surface area (Å²) < 4.78 is 5.55. The van der Waals surface area contributed by atoms with Crippen LogP contribution in [0.4, 0.5) is 0 Å². The average Bonchev–Trinajstić information content (AvgIpc) is 3.14. The molecule has 0 bridgehead atoms. The van der Waals surface area contributed by atoms with E-state index in [1.165, 1.54) is 16.0 Å². The molecule has 21 heavy (non-hydrogen) atoms. The van der Waals surface area contributed by atoms with E-state index in [2.05, 4.69) is 54.9 Å². The highest BCUT2D eigenvalue weighted by molar-refractivity contribution is 7.10. The predicted molar refractivity (Wildman–Crippen MR) is 89.6 cm³/mol. The second-order valence-corrected chi connectivity index (χ2v) is 7.28. The minimum atomic E-state index is 0.208. The molecule has 0 atom stereocenters. The molecule has 2 heterocycles. The van der Waals surface area contributed by atoms with E-state index in [-0.39, 0.29) is 5.41 Å². The van der Waals surface area contributed by atoms with Crippen molar-refractivity contribution in [3.63, 3.8) is 0 Å². The molecule has 0 saturated carbocycles. The zero-order chi connectivity index (χ0) is 14.7. The van der Waals surface area contributed by atoms with Gasteiger partial charge in [-0.3, -0.25) is 0 Å². The number of hydrogen-bond acceptors (Lipinski definition) is 3. The molecular weight excluding hydrogens is 278 g/mol. The normalized spacial score (nSPS) is 14.0.